The van der Waals surface area contributed by atoms with Gasteiger partial charge in [-0.1, -0.05) is 6.07 Å². The molecule has 118 valence electrons. The topological polar surface area (TPSA) is 32.7 Å². The third-order valence-electron chi connectivity index (χ3n) is 4.24. The van der Waals surface area contributed by atoms with Crippen molar-refractivity contribution in [1.29, 1.82) is 0 Å². The molecule has 0 radical (unpaired) electrons. The highest BCUT2D eigenvalue weighted by Crippen LogP contribution is 2.21. The van der Waals surface area contributed by atoms with E-state index in [4.69, 9.17) is 4.74 Å². The van der Waals surface area contributed by atoms with E-state index in [9.17, 15) is 5.11 Å². The van der Waals surface area contributed by atoms with Crippen molar-refractivity contribution in [3.63, 3.8) is 0 Å². The number of likely N-dealkylation sites (tertiary alicyclic amines) is 1. The van der Waals surface area contributed by atoms with Crippen LogP contribution in [0.3, 0.4) is 0 Å². The van der Waals surface area contributed by atoms with Gasteiger partial charge in [0.05, 0.1) is 12.2 Å². The van der Waals surface area contributed by atoms with Crippen LogP contribution in [0.2, 0.25) is 0 Å². The SMILES string of the molecule is Cc1cc(C)cc(OCCCN2CCCC(C)(O)CC2)c1. The lowest BCUT2D eigenvalue weighted by Gasteiger charge is -2.22. The second kappa shape index (κ2) is 7.28. The van der Waals surface area contributed by atoms with Crippen molar-refractivity contribution in [3.8, 4) is 5.75 Å². The fourth-order valence-electron chi connectivity index (χ4n) is 3.04. The Bertz CT molecular complexity index is 436. The van der Waals surface area contributed by atoms with Crippen LogP contribution in [0.5, 0.6) is 5.75 Å². The largest absolute Gasteiger partial charge is 0.494 e. The van der Waals surface area contributed by atoms with E-state index >= 15 is 0 Å². The molecule has 1 aliphatic heterocycles. The van der Waals surface area contributed by atoms with E-state index in [1.54, 1.807) is 0 Å². The molecular formula is C18H29NO2. The Morgan fingerprint density at radius 1 is 1.14 bits per heavy atom. The number of benzene rings is 1. The average molecular weight is 291 g/mol. The number of aryl methyl sites for hydroxylation is 2. The van der Waals surface area contributed by atoms with E-state index in [1.165, 1.54) is 11.1 Å². The smallest absolute Gasteiger partial charge is 0.119 e. The first-order valence-electron chi connectivity index (χ1n) is 8.10. The molecule has 0 saturated carbocycles. The van der Waals surface area contributed by atoms with Gasteiger partial charge in [-0.25, -0.2) is 0 Å². The molecule has 3 heteroatoms. The van der Waals surface area contributed by atoms with Crippen LogP contribution in [0.15, 0.2) is 18.2 Å². The molecule has 0 spiro atoms. The Morgan fingerprint density at radius 2 is 1.86 bits per heavy atom. The summed E-state index contributed by atoms with van der Waals surface area (Å²) in [5.41, 5.74) is 2.03. The molecule has 1 aromatic rings. The summed E-state index contributed by atoms with van der Waals surface area (Å²) in [5, 5.41) is 10.1. The summed E-state index contributed by atoms with van der Waals surface area (Å²) in [5.74, 6) is 0.978. The number of rotatable bonds is 5. The maximum atomic E-state index is 10.1. The fraction of sp³-hybridized carbons (Fsp3) is 0.667. The van der Waals surface area contributed by atoms with Gasteiger partial charge in [0.2, 0.25) is 0 Å². The van der Waals surface area contributed by atoms with Crippen LogP contribution in [-0.4, -0.2) is 41.8 Å². The molecule has 0 aliphatic carbocycles. The second-order valence-corrected chi connectivity index (χ2v) is 6.72. The number of ether oxygens (including phenoxy) is 1. The summed E-state index contributed by atoms with van der Waals surface area (Å²) in [6.07, 6.45) is 3.92. The zero-order valence-electron chi connectivity index (χ0n) is 13.7. The first kappa shape index (κ1) is 16.3. The van der Waals surface area contributed by atoms with Crippen molar-refractivity contribution >= 4 is 0 Å². The maximum absolute atomic E-state index is 10.1. The molecule has 1 N–H and O–H groups in total. The normalized spacial score (nSPS) is 23.8. The molecule has 1 aromatic carbocycles. The summed E-state index contributed by atoms with van der Waals surface area (Å²) >= 11 is 0. The third-order valence-corrected chi connectivity index (χ3v) is 4.24. The van der Waals surface area contributed by atoms with Crippen LogP contribution in [0.4, 0.5) is 0 Å². The highest BCUT2D eigenvalue weighted by atomic mass is 16.5. The van der Waals surface area contributed by atoms with Crippen molar-refractivity contribution in [1.82, 2.24) is 4.90 Å². The standard InChI is InChI=1S/C18H29NO2/c1-15-12-16(2)14-17(13-15)21-11-5-9-19-8-4-6-18(3,20)7-10-19/h12-14,20H,4-11H2,1-3H3. The van der Waals surface area contributed by atoms with Gasteiger partial charge < -0.3 is 14.7 Å². The van der Waals surface area contributed by atoms with Crippen LogP contribution >= 0.6 is 0 Å². The monoisotopic (exact) mass is 291 g/mol. The van der Waals surface area contributed by atoms with Crippen LogP contribution in [0.1, 0.15) is 43.7 Å². The van der Waals surface area contributed by atoms with Gasteiger partial charge in [-0.15, -0.1) is 0 Å². The molecule has 1 heterocycles. The predicted octanol–water partition coefficient (Wildman–Crippen LogP) is 3.31. The Hall–Kier alpha value is -1.06. The minimum absolute atomic E-state index is 0.468. The summed E-state index contributed by atoms with van der Waals surface area (Å²) in [6.45, 7) is 10.1. The van der Waals surface area contributed by atoms with Gasteiger partial charge in [-0.05, 0) is 76.3 Å². The van der Waals surface area contributed by atoms with E-state index in [1.807, 2.05) is 6.92 Å². The fourth-order valence-corrected chi connectivity index (χ4v) is 3.04. The molecule has 2 rings (SSSR count). The van der Waals surface area contributed by atoms with E-state index in [-0.39, 0.29) is 0 Å². The number of hydrogen-bond acceptors (Lipinski definition) is 3. The molecule has 0 amide bonds. The number of hydrogen-bond donors (Lipinski definition) is 1. The lowest BCUT2D eigenvalue weighted by atomic mass is 9.98. The average Bonchev–Trinajstić information content (AvgIpc) is 2.55. The maximum Gasteiger partial charge on any atom is 0.119 e. The zero-order valence-corrected chi connectivity index (χ0v) is 13.7. The van der Waals surface area contributed by atoms with E-state index in [0.717, 1.165) is 57.7 Å². The summed E-state index contributed by atoms with van der Waals surface area (Å²) < 4.78 is 5.85. The van der Waals surface area contributed by atoms with Crippen LogP contribution < -0.4 is 4.74 Å². The molecule has 1 fully saturated rings. The second-order valence-electron chi connectivity index (χ2n) is 6.72. The molecule has 1 atom stereocenters. The van der Waals surface area contributed by atoms with Crippen molar-refractivity contribution in [2.24, 2.45) is 0 Å². The van der Waals surface area contributed by atoms with Crippen LogP contribution in [0.25, 0.3) is 0 Å². The van der Waals surface area contributed by atoms with Crippen molar-refractivity contribution in [3.05, 3.63) is 29.3 Å². The van der Waals surface area contributed by atoms with E-state index < -0.39 is 5.60 Å². The minimum atomic E-state index is -0.468. The highest BCUT2D eigenvalue weighted by molar-refractivity contribution is 5.32. The Morgan fingerprint density at radius 3 is 2.57 bits per heavy atom. The minimum Gasteiger partial charge on any atom is -0.494 e. The quantitative estimate of drug-likeness (QED) is 0.845. The van der Waals surface area contributed by atoms with Crippen molar-refractivity contribution in [2.45, 2.75) is 52.1 Å². The van der Waals surface area contributed by atoms with Crippen LogP contribution in [-0.2, 0) is 0 Å². The van der Waals surface area contributed by atoms with Crippen molar-refractivity contribution < 1.29 is 9.84 Å². The van der Waals surface area contributed by atoms with Gasteiger partial charge in [0.1, 0.15) is 5.75 Å². The van der Waals surface area contributed by atoms with Gasteiger partial charge in [0.25, 0.3) is 0 Å². The highest BCUT2D eigenvalue weighted by Gasteiger charge is 2.24. The van der Waals surface area contributed by atoms with Gasteiger partial charge in [0.15, 0.2) is 0 Å². The predicted molar refractivity (Wildman–Crippen MR) is 86.9 cm³/mol. The lowest BCUT2D eigenvalue weighted by Crippen LogP contribution is -2.29. The third kappa shape index (κ3) is 5.68. The number of nitrogens with zero attached hydrogens (tertiary/aromatic N) is 1. The molecule has 1 saturated heterocycles. The summed E-state index contributed by atoms with van der Waals surface area (Å²) in [6, 6.07) is 6.35. The van der Waals surface area contributed by atoms with Gasteiger partial charge >= 0.3 is 0 Å². The molecular weight excluding hydrogens is 262 g/mol. The number of aliphatic hydroxyl groups is 1. The lowest BCUT2D eigenvalue weighted by molar-refractivity contribution is 0.0445. The van der Waals surface area contributed by atoms with Crippen molar-refractivity contribution in [2.75, 3.05) is 26.2 Å². The molecule has 3 nitrogen and oxygen atoms in total. The van der Waals surface area contributed by atoms with E-state index in [0.29, 0.717) is 0 Å². The van der Waals surface area contributed by atoms with Gasteiger partial charge in [-0.2, -0.15) is 0 Å². The molecule has 0 bridgehead atoms. The van der Waals surface area contributed by atoms with Gasteiger partial charge in [0, 0.05) is 13.1 Å². The Labute approximate surface area is 128 Å². The zero-order chi connectivity index (χ0) is 15.3. The van der Waals surface area contributed by atoms with E-state index in [2.05, 4.69) is 36.9 Å². The molecule has 21 heavy (non-hydrogen) atoms. The Balaban J connectivity index is 1.70. The first-order valence-corrected chi connectivity index (χ1v) is 8.10. The summed E-state index contributed by atoms with van der Waals surface area (Å²) in [4.78, 5) is 2.45. The molecule has 1 unspecified atom stereocenters. The Kier molecular flexibility index (Phi) is 5.65. The van der Waals surface area contributed by atoms with Gasteiger partial charge in [-0.3, -0.25) is 0 Å². The molecule has 1 aliphatic rings. The summed E-state index contributed by atoms with van der Waals surface area (Å²) in [7, 11) is 0. The first-order chi connectivity index (χ1) is 9.94. The molecule has 0 aromatic heterocycles. The van der Waals surface area contributed by atoms with Crippen LogP contribution in [0, 0.1) is 13.8 Å².